The molecule has 0 amide bonds. The first-order valence-corrected chi connectivity index (χ1v) is 5.80. The molecule has 0 bridgehead atoms. The Morgan fingerprint density at radius 3 is 2.76 bits per heavy atom. The first-order valence-electron chi connectivity index (χ1n) is 5.42. The van der Waals surface area contributed by atoms with Crippen molar-refractivity contribution in [2.24, 2.45) is 5.73 Å². The van der Waals surface area contributed by atoms with E-state index >= 15 is 0 Å². The van der Waals surface area contributed by atoms with Gasteiger partial charge in [-0.25, -0.2) is 0 Å². The summed E-state index contributed by atoms with van der Waals surface area (Å²) in [4.78, 5) is 0. The second-order valence-electron chi connectivity index (χ2n) is 3.86. The Bertz CT molecular complexity index is 525. The summed E-state index contributed by atoms with van der Waals surface area (Å²) in [6, 6.07) is 13.3. The van der Waals surface area contributed by atoms with Crippen LogP contribution >= 0.6 is 11.6 Å². The van der Waals surface area contributed by atoms with Crippen LogP contribution in [0.25, 0.3) is 0 Å². The van der Waals surface area contributed by atoms with Crippen molar-refractivity contribution in [3.05, 3.63) is 58.6 Å². The molecule has 0 fully saturated rings. The van der Waals surface area contributed by atoms with Crippen LogP contribution in [0.3, 0.4) is 0 Å². The highest BCUT2D eigenvalue weighted by molar-refractivity contribution is 6.30. The number of halogens is 1. The lowest BCUT2D eigenvalue weighted by atomic mass is 10.2. The van der Waals surface area contributed by atoms with E-state index in [2.05, 4.69) is 0 Å². The van der Waals surface area contributed by atoms with Crippen molar-refractivity contribution in [1.29, 1.82) is 0 Å². The monoisotopic (exact) mass is 247 g/mol. The minimum atomic E-state index is 0.506. The maximum absolute atomic E-state index is 5.94. The van der Waals surface area contributed by atoms with E-state index in [1.165, 1.54) is 0 Å². The van der Waals surface area contributed by atoms with Crippen molar-refractivity contribution in [1.82, 2.24) is 0 Å². The van der Waals surface area contributed by atoms with E-state index in [0.717, 1.165) is 22.6 Å². The van der Waals surface area contributed by atoms with Gasteiger partial charge in [-0.1, -0.05) is 29.8 Å². The van der Waals surface area contributed by atoms with E-state index in [0.29, 0.717) is 11.6 Å². The lowest BCUT2D eigenvalue weighted by molar-refractivity contribution is 0.478. The Kier molecular flexibility index (Phi) is 3.67. The topological polar surface area (TPSA) is 35.2 Å². The summed E-state index contributed by atoms with van der Waals surface area (Å²) in [5.41, 5.74) is 7.68. The number of nitrogens with two attached hydrogens (primary N) is 1. The molecule has 0 aliphatic carbocycles. The third-order valence-corrected chi connectivity index (χ3v) is 2.75. The molecule has 0 aromatic heterocycles. The summed E-state index contributed by atoms with van der Waals surface area (Å²) in [5.74, 6) is 1.55. The van der Waals surface area contributed by atoms with Crippen molar-refractivity contribution in [3.8, 4) is 11.5 Å². The SMILES string of the molecule is Cc1ccc(Cl)cc1Oc1cccc(CN)c1. The molecule has 2 aromatic rings. The van der Waals surface area contributed by atoms with Crippen LogP contribution in [0.1, 0.15) is 11.1 Å². The molecule has 0 radical (unpaired) electrons. The van der Waals surface area contributed by atoms with E-state index in [1.807, 2.05) is 49.4 Å². The zero-order chi connectivity index (χ0) is 12.3. The minimum Gasteiger partial charge on any atom is -0.457 e. The lowest BCUT2D eigenvalue weighted by Gasteiger charge is -2.09. The first kappa shape index (κ1) is 12.0. The molecule has 0 heterocycles. The van der Waals surface area contributed by atoms with E-state index in [-0.39, 0.29) is 0 Å². The van der Waals surface area contributed by atoms with Gasteiger partial charge in [0.2, 0.25) is 0 Å². The summed E-state index contributed by atoms with van der Waals surface area (Å²) < 4.78 is 5.79. The fourth-order valence-corrected chi connectivity index (χ4v) is 1.71. The zero-order valence-electron chi connectivity index (χ0n) is 9.61. The maximum Gasteiger partial charge on any atom is 0.131 e. The van der Waals surface area contributed by atoms with Crippen LogP contribution in [-0.2, 0) is 6.54 Å². The van der Waals surface area contributed by atoms with Crippen molar-refractivity contribution in [2.45, 2.75) is 13.5 Å². The summed E-state index contributed by atoms with van der Waals surface area (Å²) in [7, 11) is 0. The average Bonchev–Trinajstić information content (AvgIpc) is 2.34. The zero-order valence-corrected chi connectivity index (χ0v) is 10.4. The van der Waals surface area contributed by atoms with E-state index in [1.54, 1.807) is 0 Å². The molecule has 0 saturated carbocycles. The Morgan fingerprint density at radius 2 is 2.00 bits per heavy atom. The molecule has 0 spiro atoms. The smallest absolute Gasteiger partial charge is 0.131 e. The Morgan fingerprint density at radius 1 is 1.18 bits per heavy atom. The lowest BCUT2D eigenvalue weighted by Crippen LogP contribution is -1.96. The molecule has 88 valence electrons. The molecule has 2 rings (SSSR count). The molecule has 0 atom stereocenters. The molecule has 0 aliphatic rings. The van der Waals surface area contributed by atoms with Crippen LogP contribution in [-0.4, -0.2) is 0 Å². The summed E-state index contributed by atoms with van der Waals surface area (Å²) in [5, 5.41) is 0.667. The minimum absolute atomic E-state index is 0.506. The van der Waals surface area contributed by atoms with Crippen molar-refractivity contribution in [3.63, 3.8) is 0 Å². The molecule has 0 unspecified atom stereocenters. The van der Waals surface area contributed by atoms with Crippen molar-refractivity contribution >= 4 is 11.6 Å². The van der Waals surface area contributed by atoms with Crippen LogP contribution < -0.4 is 10.5 Å². The van der Waals surface area contributed by atoms with Gasteiger partial charge in [0.05, 0.1) is 0 Å². The van der Waals surface area contributed by atoms with E-state index < -0.39 is 0 Å². The highest BCUT2D eigenvalue weighted by atomic mass is 35.5. The van der Waals surface area contributed by atoms with Gasteiger partial charge in [0, 0.05) is 11.6 Å². The summed E-state index contributed by atoms with van der Waals surface area (Å²) in [6.45, 7) is 2.49. The number of ether oxygens (including phenoxy) is 1. The maximum atomic E-state index is 5.94. The second kappa shape index (κ2) is 5.21. The van der Waals surface area contributed by atoms with Gasteiger partial charge in [-0.15, -0.1) is 0 Å². The molecule has 2 nitrogen and oxygen atoms in total. The van der Waals surface area contributed by atoms with Crippen LogP contribution in [0.5, 0.6) is 11.5 Å². The first-order chi connectivity index (χ1) is 8.19. The number of aryl methyl sites for hydroxylation is 1. The molecular weight excluding hydrogens is 234 g/mol. The fourth-order valence-electron chi connectivity index (χ4n) is 1.55. The van der Waals surface area contributed by atoms with Crippen LogP contribution in [0, 0.1) is 6.92 Å². The van der Waals surface area contributed by atoms with Gasteiger partial charge >= 0.3 is 0 Å². The van der Waals surface area contributed by atoms with Gasteiger partial charge in [-0.05, 0) is 42.3 Å². The highest BCUT2D eigenvalue weighted by Crippen LogP contribution is 2.28. The summed E-state index contributed by atoms with van der Waals surface area (Å²) >= 11 is 5.94. The average molecular weight is 248 g/mol. The molecule has 2 aromatic carbocycles. The number of benzene rings is 2. The largest absolute Gasteiger partial charge is 0.457 e. The molecule has 0 aliphatic heterocycles. The van der Waals surface area contributed by atoms with Gasteiger partial charge in [0.15, 0.2) is 0 Å². The predicted molar refractivity (Wildman–Crippen MR) is 70.6 cm³/mol. The predicted octanol–water partition coefficient (Wildman–Crippen LogP) is 3.90. The molecule has 0 saturated heterocycles. The van der Waals surface area contributed by atoms with Crippen LogP contribution in [0.2, 0.25) is 5.02 Å². The Balaban J connectivity index is 2.27. The standard InChI is InChI=1S/C14H14ClNO/c1-10-5-6-12(15)8-14(10)17-13-4-2-3-11(7-13)9-16/h2-8H,9,16H2,1H3. The van der Waals surface area contributed by atoms with Crippen LogP contribution in [0.15, 0.2) is 42.5 Å². The van der Waals surface area contributed by atoms with Crippen molar-refractivity contribution < 1.29 is 4.74 Å². The molecule has 17 heavy (non-hydrogen) atoms. The Labute approximate surface area is 106 Å². The molecule has 2 N–H and O–H groups in total. The van der Waals surface area contributed by atoms with Crippen molar-refractivity contribution in [2.75, 3.05) is 0 Å². The van der Waals surface area contributed by atoms with E-state index in [9.17, 15) is 0 Å². The third kappa shape index (κ3) is 2.99. The van der Waals surface area contributed by atoms with E-state index in [4.69, 9.17) is 22.1 Å². The quantitative estimate of drug-likeness (QED) is 0.893. The number of hydrogen-bond acceptors (Lipinski definition) is 2. The number of hydrogen-bond donors (Lipinski definition) is 1. The highest BCUT2D eigenvalue weighted by Gasteiger charge is 2.03. The normalized spacial score (nSPS) is 10.3. The van der Waals surface area contributed by atoms with Gasteiger partial charge in [0.1, 0.15) is 11.5 Å². The third-order valence-electron chi connectivity index (χ3n) is 2.51. The molecular formula is C14H14ClNO. The van der Waals surface area contributed by atoms with Crippen LogP contribution in [0.4, 0.5) is 0 Å². The van der Waals surface area contributed by atoms with Gasteiger partial charge in [-0.3, -0.25) is 0 Å². The fraction of sp³-hybridized carbons (Fsp3) is 0.143. The Hall–Kier alpha value is -1.51. The molecule has 3 heteroatoms. The number of rotatable bonds is 3. The van der Waals surface area contributed by atoms with Gasteiger partial charge < -0.3 is 10.5 Å². The summed E-state index contributed by atoms with van der Waals surface area (Å²) in [6.07, 6.45) is 0. The van der Waals surface area contributed by atoms with Gasteiger partial charge in [-0.2, -0.15) is 0 Å². The van der Waals surface area contributed by atoms with Gasteiger partial charge in [0.25, 0.3) is 0 Å². The second-order valence-corrected chi connectivity index (χ2v) is 4.30.